The molecule has 5 nitrogen and oxygen atoms in total. The van der Waals surface area contributed by atoms with E-state index in [1.165, 1.54) is 37.7 Å². The number of nitrogens with zero attached hydrogens (tertiary/aromatic N) is 2. The second-order valence-corrected chi connectivity index (χ2v) is 12.4. The average molecular weight is 482 g/mol. The molecule has 34 heavy (non-hydrogen) atoms. The summed E-state index contributed by atoms with van der Waals surface area (Å²) in [5.74, 6) is 2.59. The maximum atomic E-state index is 12.6. The summed E-state index contributed by atoms with van der Waals surface area (Å²) in [6.07, 6.45) is 8.77. The highest BCUT2D eigenvalue weighted by molar-refractivity contribution is 7.91. The molecule has 0 amide bonds. The van der Waals surface area contributed by atoms with Gasteiger partial charge in [0.05, 0.1) is 43.4 Å². The summed E-state index contributed by atoms with van der Waals surface area (Å²) in [5.41, 5.74) is 1.28. The van der Waals surface area contributed by atoms with E-state index in [9.17, 15) is 8.42 Å². The lowest BCUT2D eigenvalue weighted by atomic mass is 9.77. The Labute approximate surface area is 204 Å². The van der Waals surface area contributed by atoms with Gasteiger partial charge in [-0.3, -0.25) is 0 Å². The van der Waals surface area contributed by atoms with Crippen LogP contribution >= 0.6 is 0 Å². The minimum Gasteiger partial charge on any atom is -0.439 e. The van der Waals surface area contributed by atoms with Crippen LogP contribution in [0.15, 0.2) is 76.2 Å². The molecule has 1 saturated carbocycles. The Hall–Kier alpha value is -2.44. The van der Waals surface area contributed by atoms with Gasteiger partial charge in [-0.15, -0.1) is 0 Å². The van der Waals surface area contributed by atoms with Gasteiger partial charge in [0.2, 0.25) is 5.89 Å². The Kier molecular flexibility index (Phi) is 7.89. The lowest BCUT2D eigenvalue weighted by molar-refractivity contribution is -0.904. The standard InChI is InChI=1S/C28H37N2O3S/c1-30(2,19-12-20-34(31,32)26-17-10-5-11-18-26)22-25-21-29-28(33-25)27(23-13-6-3-7-14-23)24-15-8-4-9-16-24/h3,5-7,10-11,13-14,17-18,21,24,27H,4,8-9,12,15-16,19-20,22H2,1-2H3/q+1/t27-/m1/s1. The van der Waals surface area contributed by atoms with Crippen LogP contribution in [0, 0.1) is 5.92 Å². The molecule has 0 spiro atoms. The average Bonchev–Trinajstić information content (AvgIpc) is 3.28. The van der Waals surface area contributed by atoms with Crippen molar-refractivity contribution in [3.05, 3.63) is 84.1 Å². The Morgan fingerprint density at radius 2 is 1.62 bits per heavy atom. The van der Waals surface area contributed by atoms with E-state index < -0.39 is 9.84 Å². The zero-order chi connectivity index (χ0) is 24.0. The number of sulfone groups is 1. The predicted molar refractivity (Wildman–Crippen MR) is 135 cm³/mol. The summed E-state index contributed by atoms with van der Waals surface area (Å²) < 4.78 is 32.2. The van der Waals surface area contributed by atoms with Gasteiger partial charge in [0.25, 0.3) is 0 Å². The fourth-order valence-corrected chi connectivity index (χ4v) is 6.53. The van der Waals surface area contributed by atoms with Crippen LogP contribution < -0.4 is 0 Å². The molecule has 6 heteroatoms. The second-order valence-electron chi connectivity index (χ2n) is 10.3. The Morgan fingerprint density at radius 3 is 2.29 bits per heavy atom. The molecule has 3 aromatic rings. The van der Waals surface area contributed by atoms with E-state index >= 15 is 0 Å². The van der Waals surface area contributed by atoms with Gasteiger partial charge in [0.1, 0.15) is 6.54 Å². The monoisotopic (exact) mass is 481 g/mol. The van der Waals surface area contributed by atoms with E-state index in [0.29, 0.717) is 28.3 Å². The fraction of sp³-hybridized carbons (Fsp3) is 0.464. The van der Waals surface area contributed by atoms with Crippen molar-refractivity contribution in [2.45, 2.75) is 55.9 Å². The number of hydrogen-bond donors (Lipinski definition) is 0. The number of benzene rings is 2. The second kappa shape index (κ2) is 10.9. The third-order valence-corrected chi connectivity index (χ3v) is 8.80. The molecule has 182 valence electrons. The van der Waals surface area contributed by atoms with E-state index in [1.54, 1.807) is 24.3 Å². The molecule has 1 aliphatic carbocycles. The van der Waals surface area contributed by atoms with Crippen molar-refractivity contribution in [2.24, 2.45) is 5.92 Å². The van der Waals surface area contributed by atoms with E-state index in [0.717, 1.165) is 18.2 Å². The number of aromatic nitrogens is 1. The molecule has 0 radical (unpaired) electrons. The van der Waals surface area contributed by atoms with Gasteiger partial charge in [0, 0.05) is 6.42 Å². The molecule has 1 fully saturated rings. The highest BCUT2D eigenvalue weighted by Gasteiger charge is 2.31. The molecule has 0 unspecified atom stereocenters. The zero-order valence-corrected chi connectivity index (χ0v) is 21.2. The van der Waals surface area contributed by atoms with Crippen molar-refractivity contribution < 1.29 is 17.3 Å². The maximum Gasteiger partial charge on any atom is 0.202 e. The molecule has 0 bridgehead atoms. The summed E-state index contributed by atoms with van der Waals surface area (Å²) in [6.45, 7) is 1.43. The molecule has 0 saturated heterocycles. The smallest absolute Gasteiger partial charge is 0.202 e. The quantitative estimate of drug-likeness (QED) is 0.342. The van der Waals surface area contributed by atoms with Crippen LogP contribution in [0.4, 0.5) is 0 Å². The van der Waals surface area contributed by atoms with Crippen LogP contribution in [-0.2, 0) is 16.4 Å². The summed E-state index contributed by atoms with van der Waals surface area (Å²) >= 11 is 0. The highest BCUT2D eigenvalue weighted by Crippen LogP contribution is 2.40. The molecule has 1 aromatic heterocycles. The molecular weight excluding hydrogens is 444 g/mol. The third-order valence-electron chi connectivity index (χ3n) is 6.98. The van der Waals surface area contributed by atoms with Gasteiger partial charge in [0.15, 0.2) is 15.6 Å². The molecule has 0 aliphatic heterocycles. The van der Waals surface area contributed by atoms with Crippen molar-refractivity contribution in [3.63, 3.8) is 0 Å². The van der Waals surface area contributed by atoms with Crippen molar-refractivity contribution in [1.82, 2.24) is 4.98 Å². The van der Waals surface area contributed by atoms with Crippen LogP contribution in [0.5, 0.6) is 0 Å². The molecule has 4 rings (SSSR count). The van der Waals surface area contributed by atoms with E-state index in [1.807, 2.05) is 12.3 Å². The summed E-state index contributed by atoms with van der Waals surface area (Å²) in [6, 6.07) is 19.3. The molecule has 1 heterocycles. The van der Waals surface area contributed by atoms with E-state index in [-0.39, 0.29) is 11.7 Å². The molecular formula is C28H37N2O3S+. The summed E-state index contributed by atoms with van der Waals surface area (Å²) in [5, 5.41) is 0. The zero-order valence-electron chi connectivity index (χ0n) is 20.4. The normalized spacial score (nSPS) is 16.4. The predicted octanol–water partition coefficient (Wildman–Crippen LogP) is 5.83. The topological polar surface area (TPSA) is 60.2 Å². The van der Waals surface area contributed by atoms with Crippen LogP contribution in [0.2, 0.25) is 0 Å². The first-order chi connectivity index (χ1) is 16.3. The molecule has 0 N–H and O–H groups in total. The van der Waals surface area contributed by atoms with Crippen molar-refractivity contribution in [2.75, 3.05) is 26.4 Å². The van der Waals surface area contributed by atoms with Gasteiger partial charge >= 0.3 is 0 Å². The van der Waals surface area contributed by atoms with Crippen molar-refractivity contribution >= 4 is 9.84 Å². The summed E-state index contributed by atoms with van der Waals surface area (Å²) in [7, 11) is 0.985. The highest BCUT2D eigenvalue weighted by atomic mass is 32.2. The number of quaternary nitrogens is 1. The first-order valence-electron chi connectivity index (χ1n) is 12.4. The van der Waals surface area contributed by atoms with Gasteiger partial charge < -0.3 is 8.90 Å². The van der Waals surface area contributed by atoms with Gasteiger partial charge in [-0.05, 0) is 36.5 Å². The summed E-state index contributed by atoms with van der Waals surface area (Å²) in [4.78, 5) is 5.14. The van der Waals surface area contributed by atoms with Gasteiger partial charge in [-0.25, -0.2) is 13.4 Å². The van der Waals surface area contributed by atoms with Gasteiger partial charge in [-0.2, -0.15) is 0 Å². The minimum atomic E-state index is -3.25. The SMILES string of the molecule is C[N+](C)(CCCS(=O)(=O)c1ccccc1)Cc1cnc([C@H](c2ccccc2)C2CCCCC2)o1. The lowest BCUT2D eigenvalue weighted by Gasteiger charge is -2.29. The van der Waals surface area contributed by atoms with Crippen molar-refractivity contribution in [1.29, 1.82) is 0 Å². The first kappa shape index (κ1) is 24.7. The minimum absolute atomic E-state index is 0.151. The number of hydrogen-bond acceptors (Lipinski definition) is 4. The van der Waals surface area contributed by atoms with Gasteiger partial charge in [-0.1, -0.05) is 67.8 Å². The molecule has 1 atom stereocenters. The largest absolute Gasteiger partial charge is 0.439 e. The van der Waals surface area contributed by atoms with E-state index in [2.05, 4.69) is 44.4 Å². The Bertz CT molecular complexity index is 1130. The lowest BCUT2D eigenvalue weighted by Crippen LogP contribution is -2.40. The number of rotatable bonds is 10. The van der Waals surface area contributed by atoms with Crippen LogP contribution in [-0.4, -0.2) is 44.3 Å². The Balaban J connectivity index is 1.41. The molecule has 1 aliphatic rings. The Morgan fingerprint density at radius 1 is 0.971 bits per heavy atom. The molecule has 2 aromatic carbocycles. The van der Waals surface area contributed by atoms with E-state index in [4.69, 9.17) is 9.40 Å². The first-order valence-corrected chi connectivity index (χ1v) is 14.1. The maximum absolute atomic E-state index is 12.6. The van der Waals surface area contributed by atoms with Crippen LogP contribution in [0.3, 0.4) is 0 Å². The third kappa shape index (κ3) is 6.36. The fourth-order valence-electron chi connectivity index (χ4n) is 5.21. The van der Waals surface area contributed by atoms with Crippen LogP contribution in [0.25, 0.3) is 0 Å². The number of oxazole rings is 1. The van der Waals surface area contributed by atoms with Crippen molar-refractivity contribution in [3.8, 4) is 0 Å². The van der Waals surface area contributed by atoms with Crippen LogP contribution in [0.1, 0.15) is 61.7 Å².